The number of thiazole rings is 1. The molecule has 5 rings (SSSR count). The van der Waals surface area contributed by atoms with Gasteiger partial charge in [0, 0.05) is 35.9 Å². The fourth-order valence-corrected chi connectivity index (χ4v) is 4.15. The summed E-state index contributed by atoms with van der Waals surface area (Å²) in [5, 5.41) is 2.98. The Bertz CT molecular complexity index is 1110. The number of hydrogen-bond acceptors (Lipinski definition) is 5. The Balaban J connectivity index is 1.42. The minimum absolute atomic E-state index is 0.809. The van der Waals surface area contributed by atoms with Crippen LogP contribution in [0.5, 0.6) is 11.5 Å². The van der Waals surface area contributed by atoms with E-state index in [1.165, 1.54) is 11.4 Å². The number of para-hydroxylation sites is 2. The quantitative estimate of drug-likeness (QED) is 0.421. The number of benzene rings is 3. The SMILES string of the molecule is CN1CN(c2cccc(Oc3cccc(-c4nccs4)c3)c2)c2ccccc21. The number of rotatable bonds is 4. The lowest BCUT2D eigenvalue weighted by molar-refractivity contribution is 0.483. The van der Waals surface area contributed by atoms with Gasteiger partial charge in [0.2, 0.25) is 0 Å². The molecule has 2 heterocycles. The Kier molecular flexibility index (Phi) is 4.22. The van der Waals surface area contributed by atoms with E-state index < -0.39 is 0 Å². The normalized spacial score (nSPS) is 12.9. The summed E-state index contributed by atoms with van der Waals surface area (Å²) in [4.78, 5) is 8.93. The second kappa shape index (κ2) is 7.02. The van der Waals surface area contributed by atoms with Gasteiger partial charge in [-0.1, -0.05) is 30.3 Å². The van der Waals surface area contributed by atoms with Crippen LogP contribution < -0.4 is 14.5 Å². The fourth-order valence-electron chi connectivity index (χ4n) is 3.51. The van der Waals surface area contributed by atoms with Crippen molar-refractivity contribution in [3.05, 3.63) is 84.4 Å². The first-order valence-electron chi connectivity index (χ1n) is 9.13. The molecule has 0 N–H and O–H groups in total. The van der Waals surface area contributed by atoms with Crippen LogP contribution in [0.1, 0.15) is 0 Å². The number of hydrogen-bond donors (Lipinski definition) is 0. The smallest absolute Gasteiger partial charge is 0.129 e. The van der Waals surface area contributed by atoms with Gasteiger partial charge in [0.25, 0.3) is 0 Å². The molecule has 0 unspecified atom stereocenters. The predicted octanol–water partition coefficient (Wildman–Crippen LogP) is 6.15. The molecule has 0 saturated heterocycles. The minimum Gasteiger partial charge on any atom is -0.457 e. The van der Waals surface area contributed by atoms with Gasteiger partial charge < -0.3 is 14.5 Å². The monoisotopic (exact) mass is 385 g/mol. The molecule has 1 aliphatic heterocycles. The summed E-state index contributed by atoms with van der Waals surface area (Å²) in [5.41, 5.74) is 4.64. The molecule has 0 saturated carbocycles. The van der Waals surface area contributed by atoms with Gasteiger partial charge in [0.15, 0.2) is 0 Å². The number of nitrogens with zero attached hydrogens (tertiary/aromatic N) is 3. The van der Waals surface area contributed by atoms with Crippen LogP contribution in [0, 0.1) is 0 Å². The molecule has 0 fully saturated rings. The van der Waals surface area contributed by atoms with Gasteiger partial charge in [-0.2, -0.15) is 0 Å². The van der Waals surface area contributed by atoms with Gasteiger partial charge in [-0.3, -0.25) is 0 Å². The second-order valence-corrected chi connectivity index (χ2v) is 7.62. The molecule has 1 aromatic heterocycles. The fraction of sp³-hybridized carbons (Fsp3) is 0.0870. The van der Waals surface area contributed by atoms with Crippen molar-refractivity contribution in [2.75, 3.05) is 23.5 Å². The van der Waals surface area contributed by atoms with E-state index in [2.05, 4.69) is 64.3 Å². The van der Waals surface area contributed by atoms with Crippen molar-refractivity contribution in [3.63, 3.8) is 0 Å². The topological polar surface area (TPSA) is 28.6 Å². The highest BCUT2D eigenvalue weighted by molar-refractivity contribution is 7.13. The molecule has 0 amide bonds. The molecule has 4 aromatic rings. The zero-order chi connectivity index (χ0) is 18.9. The van der Waals surface area contributed by atoms with Crippen molar-refractivity contribution in [1.82, 2.24) is 4.98 Å². The van der Waals surface area contributed by atoms with E-state index in [4.69, 9.17) is 4.74 Å². The summed E-state index contributed by atoms with van der Waals surface area (Å²) in [5.74, 6) is 1.63. The third-order valence-corrected chi connectivity index (χ3v) is 5.64. The third kappa shape index (κ3) is 3.10. The Labute approximate surface area is 168 Å². The van der Waals surface area contributed by atoms with Crippen molar-refractivity contribution in [1.29, 1.82) is 0 Å². The number of aromatic nitrogens is 1. The lowest BCUT2D eigenvalue weighted by Crippen LogP contribution is -2.23. The van der Waals surface area contributed by atoms with Crippen molar-refractivity contribution in [2.24, 2.45) is 0 Å². The first-order chi connectivity index (χ1) is 13.8. The van der Waals surface area contributed by atoms with Crippen LogP contribution in [0.3, 0.4) is 0 Å². The van der Waals surface area contributed by atoms with Crippen LogP contribution in [-0.2, 0) is 0 Å². The largest absolute Gasteiger partial charge is 0.457 e. The molecule has 0 spiro atoms. The molecule has 0 atom stereocenters. The predicted molar refractivity (Wildman–Crippen MR) is 116 cm³/mol. The van der Waals surface area contributed by atoms with Crippen LogP contribution in [0.4, 0.5) is 17.1 Å². The van der Waals surface area contributed by atoms with Crippen LogP contribution in [0.2, 0.25) is 0 Å². The van der Waals surface area contributed by atoms with Gasteiger partial charge in [0.05, 0.1) is 18.0 Å². The minimum atomic E-state index is 0.809. The van der Waals surface area contributed by atoms with E-state index in [0.717, 1.165) is 34.4 Å². The van der Waals surface area contributed by atoms with E-state index in [9.17, 15) is 0 Å². The molecule has 1 aliphatic rings. The van der Waals surface area contributed by atoms with E-state index >= 15 is 0 Å². The van der Waals surface area contributed by atoms with Gasteiger partial charge in [-0.15, -0.1) is 11.3 Å². The lowest BCUT2D eigenvalue weighted by atomic mass is 10.2. The van der Waals surface area contributed by atoms with E-state index in [0.29, 0.717) is 0 Å². The third-order valence-electron chi connectivity index (χ3n) is 4.82. The summed E-state index contributed by atoms with van der Waals surface area (Å²) in [7, 11) is 2.11. The number of anilines is 3. The summed E-state index contributed by atoms with van der Waals surface area (Å²) in [6, 6.07) is 24.8. The molecule has 4 nitrogen and oxygen atoms in total. The zero-order valence-electron chi connectivity index (χ0n) is 15.4. The molecule has 0 aliphatic carbocycles. The molecule has 138 valence electrons. The van der Waals surface area contributed by atoms with Gasteiger partial charge in [-0.25, -0.2) is 4.98 Å². The van der Waals surface area contributed by atoms with Crippen LogP contribution in [-0.4, -0.2) is 18.7 Å². The molecule has 0 radical (unpaired) electrons. The van der Waals surface area contributed by atoms with Crippen molar-refractivity contribution in [2.45, 2.75) is 0 Å². The van der Waals surface area contributed by atoms with E-state index in [1.54, 1.807) is 11.3 Å². The number of ether oxygens (including phenoxy) is 1. The summed E-state index contributed by atoms with van der Waals surface area (Å²) in [6.45, 7) is 0.822. The van der Waals surface area contributed by atoms with E-state index in [1.807, 2.05) is 41.9 Å². The van der Waals surface area contributed by atoms with Gasteiger partial charge >= 0.3 is 0 Å². The highest BCUT2D eigenvalue weighted by atomic mass is 32.1. The molecule has 28 heavy (non-hydrogen) atoms. The molecular formula is C23H19N3OS. The first kappa shape index (κ1) is 16.8. The van der Waals surface area contributed by atoms with Crippen LogP contribution in [0.15, 0.2) is 84.4 Å². The van der Waals surface area contributed by atoms with Crippen molar-refractivity contribution >= 4 is 28.4 Å². The van der Waals surface area contributed by atoms with Gasteiger partial charge in [0.1, 0.15) is 16.5 Å². The highest BCUT2D eigenvalue weighted by Gasteiger charge is 2.24. The average molecular weight is 385 g/mol. The first-order valence-corrected chi connectivity index (χ1v) is 10.0. The van der Waals surface area contributed by atoms with E-state index in [-0.39, 0.29) is 0 Å². The zero-order valence-corrected chi connectivity index (χ0v) is 16.3. The Morgan fingerprint density at radius 3 is 2.50 bits per heavy atom. The van der Waals surface area contributed by atoms with Crippen molar-refractivity contribution in [3.8, 4) is 22.1 Å². The highest BCUT2D eigenvalue weighted by Crippen LogP contribution is 2.40. The van der Waals surface area contributed by atoms with Gasteiger partial charge in [-0.05, 0) is 36.4 Å². The molecular weight excluding hydrogens is 366 g/mol. The maximum atomic E-state index is 6.17. The standard InChI is InChI=1S/C23H19N3OS/c1-25-16-26(22-11-3-2-10-21(22)25)18-7-5-9-20(15-18)27-19-8-4-6-17(14-19)23-24-12-13-28-23/h2-15H,16H2,1H3. The maximum Gasteiger partial charge on any atom is 0.129 e. The second-order valence-electron chi connectivity index (χ2n) is 6.72. The summed E-state index contributed by atoms with van der Waals surface area (Å²) >= 11 is 1.63. The Hall–Kier alpha value is -3.31. The molecule has 3 aromatic carbocycles. The summed E-state index contributed by atoms with van der Waals surface area (Å²) < 4.78 is 6.17. The number of fused-ring (bicyclic) bond motifs is 1. The Morgan fingerprint density at radius 2 is 1.68 bits per heavy atom. The molecule has 5 heteroatoms. The molecule has 0 bridgehead atoms. The maximum absolute atomic E-state index is 6.17. The Morgan fingerprint density at radius 1 is 0.893 bits per heavy atom. The average Bonchev–Trinajstić information content (AvgIpc) is 3.38. The van der Waals surface area contributed by atoms with Crippen molar-refractivity contribution < 1.29 is 4.74 Å². The van der Waals surface area contributed by atoms with Crippen LogP contribution in [0.25, 0.3) is 10.6 Å². The summed E-state index contributed by atoms with van der Waals surface area (Å²) in [6.07, 6.45) is 1.82. The lowest BCUT2D eigenvalue weighted by Gasteiger charge is -2.20. The van der Waals surface area contributed by atoms with Crippen LogP contribution >= 0.6 is 11.3 Å².